The van der Waals surface area contributed by atoms with Gasteiger partial charge in [-0.25, -0.2) is 0 Å². The van der Waals surface area contributed by atoms with Crippen LogP contribution in [0.1, 0.15) is 24.3 Å². The molecule has 0 heterocycles. The van der Waals surface area contributed by atoms with E-state index in [0.29, 0.717) is 10.9 Å². The Bertz CT molecular complexity index is 387. The van der Waals surface area contributed by atoms with E-state index in [9.17, 15) is 0 Å². The van der Waals surface area contributed by atoms with Crippen molar-refractivity contribution < 1.29 is 0 Å². The Kier molecular flexibility index (Phi) is 3.35. The summed E-state index contributed by atoms with van der Waals surface area (Å²) in [6.45, 7) is 0. The van der Waals surface area contributed by atoms with E-state index in [4.69, 9.17) is 28.9 Å². The van der Waals surface area contributed by atoms with Crippen LogP contribution in [0.15, 0.2) is 30.4 Å². The van der Waals surface area contributed by atoms with Gasteiger partial charge in [-0.05, 0) is 30.5 Å². The molecule has 15 heavy (non-hydrogen) atoms. The molecule has 0 unspecified atom stereocenters. The van der Waals surface area contributed by atoms with E-state index < -0.39 is 0 Å². The molecule has 0 fully saturated rings. The highest BCUT2D eigenvalue weighted by Crippen LogP contribution is 2.34. The van der Waals surface area contributed by atoms with Gasteiger partial charge in [-0.1, -0.05) is 41.4 Å². The van der Waals surface area contributed by atoms with Crippen molar-refractivity contribution in [1.29, 1.82) is 0 Å². The third-order valence-electron chi connectivity index (χ3n) is 2.84. The zero-order valence-corrected chi connectivity index (χ0v) is 9.80. The standard InChI is InChI=1S/C12H13Cl2N/c13-8-5-6-9(11(14)7-8)10-3-1-2-4-12(10)15/h1-2,5-7,10,12H,3-4,15H2/t10-,12+/m1/s1. The minimum absolute atomic E-state index is 0.161. The van der Waals surface area contributed by atoms with E-state index in [1.54, 1.807) is 6.07 Å². The van der Waals surface area contributed by atoms with Gasteiger partial charge in [0, 0.05) is 22.0 Å². The fraction of sp³-hybridized carbons (Fsp3) is 0.333. The fourth-order valence-corrected chi connectivity index (χ4v) is 2.54. The first-order valence-electron chi connectivity index (χ1n) is 5.04. The van der Waals surface area contributed by atoms with Crippen LogP contribution in [-0.4, -0.2) is 6.04 Å². The lowest BCUT2D eigenvalue weighted by molar-refractivity contribution is 0.521. The Morgan fingerprint density at radius 3 is 2.53 bits per heavy atom. The van der Waals surface area contributed by atoms with E-state index in [1.807, 2.05) is 12.1 Å². The van der Waals surface area contributed by atoms with E-state index in [1.165, 1.54) is 0 Å². The summed E-state index contributed by atoms with van der Waals surface area (Å²) >= 11 is 12.0. The van der Waals surface area contributed by atoms with Crippen LogP contribution >= 0.6 is 23.2 Å². The molecule has 0 saturated heterocycles. The number of halogens is 2. The summed E-state index contributed by atoms with van der Waals surface area (Å²) < 4.78 is 0. The number of nitrogens with two attached hydrogens (primary N) is 1. The molecular weight excluding hydrogens is 229 g/mol. The molecule has 3 heteroatoms. The Morgan fingerprint density at radius 1 is 1.13 bits per heavy atom. The highest BCUT2D eigenvalue weighted by Gasteiger charge is 2.22. The molecule has 0 aromatic heterocycles. The molecule has 1 aromatic rings. The molecule has 2 rings (SSSR count). The monoisotopic (exact) mass is 241 g/mol. The van der Waals surface area contributed by atoms with Crippen LogP contribution in [0.25, 0.3) is 0 Å². The summed E-state index contributed by atoms with van der Waals surface area (Å²) in [5.74, 6) is 0.319. The van der Waals surface area contributed by atoms with Gasteiger partial charge < -0.3 is 5.73 Å². The first-order valence-corrected chi connectivity index (χ1v) is 5.79. The van der Waals surface area contributed by atoms with Crippen molar-refractivity contribution in [3.05, 3.63) is 46.0 Å². The van der Waals surface area contributed by atoms with E-state index in [-0.39, 0.29) is 6.04 Å². The van der Waals surface area contributed by atoms with Crippen LogP contribution in [0, 0.1) is 0 Å². The predicted molar refractivity (Wildman–Crippen MR) is 65.6 cm³/mol. The lowest BCUT2D eigenvalue weighted by atomic mass is 9.84. The van der Waals surface area contributed by atoms with Gasteiger partial charge in [-0.15, -0.1) is 0 Å². The van der Waals surface area contributed by atoms with Crippen molar-refractivity contribution in [2.24, 2.45) is 5.73 Å². The van der Waals surface area contributed by atoms with Crippen molar-refractivity contribution in [3.63, 3.8) is 0 Å². The van der Waals surface area contributed by atoms with Crippen molar-refractivity contribution in [2.75, 3.05) is 0 Å². The van der Waals surface area contributed by atoms with Crippen molar-refractivity contribution in [1.82, 2.24) is 0 Å². The molecule has 1 aromatic carbocycles. The van der Waals surface area contributed by atoms with Crippen LogP contribution < -0.4 is 5.73 Å². The zero-order valence-electron chi connectivity index (χ0n) is 8.29. The third-order valence-corrected chi connectivity index (χ3v) is 3.41. The van der Waals surface area contributed by atoms with E-state index >= 15 is 0 Å². The molecular formula is C12H13Cl2N. The normalized spacial score (nSPS) is 25.5. The second kappa shape index (κ2) is 4.56. The summed E-state index contributed by atoms with van der Waals surface area (Å²) in [7, 11) is 0. The molecule has 0 aliphatic heterocycles. The molecule has 2 atom stereocenters. The molecule has 1 aliphatic carbocycles. The molecule has 1 nitrogen and oxygen atoms in total. The maximum absolute atomic E-state index is 6.16. The van der Waals surface area contributed by atoms with Crippen molar-refractivity contribution in [2.45, 2.75) is 24.8 Å². The Labute approximate surface area is 99.9 Å². The highest BCUT2D eigenvalue weighted by atomic mass is 35.5. The van der Waals surface area contributed by atoms with Gasteiger partial charge in [0.15, 0.2) is 0 Å². The second-order valence-corrected chi connectivity index (χ2v) is 4.72. The Balaban J connectivity index is 2.32. The van der Waals surface area contributed by atoms with Gasteiger partial charge in [0.25, 0.3) is 0 Å². The predicted octanol–water partition coefficient (Wildman–Crippen LogP) is 3.75. The first kappa shape index (κ1) is 11.0. The van der Waals surface area contributed by atoms with Crippen molar-refractivity contribution in [3.8, 4) is 0 Å². The van der Waals surface area contributed by atoms with Gasteiger partial charge in [-0.3, -0.25) is 0 Å². The molecule has 0 radical (unpaired) electrons. The van der Waals surface area contributed by atoms with Gasteiger partial charge in [0.05, 0.1) is 0 Å². The lowest BCUT2D eigenvalue weighted by Crippen LogP contribution is -2.29. The lowest BCUT2D eigenvalue weighted by Gasteiger charge is -2.26. The largest absolute Gasteiger partial charge is 0.327 e. The maximum Gasteiger partial charge on any atom is 0.0456 e. The zero-order chi connectivity index (χ0) is 10.8. The quantitative estimate of drug-likeness (QED) is 0.745. The van der Waals surface area contributed by atoms with Crippen LogP contribution in [-0.2, 0) is 0 Å². The number of allylic oxidation sites excluding steroid dienone is 1. The molecule has 1 aliphatic rings. The minimum Gasteiger partial charge on any atom is -0.327 e. The number of rotatable bonds is 1. The molecule has 0 spiro atoms. The molecule has 0 saturated carbocycles. The second-order valence-electron chi connectivity index (χ2n) is 3.88. The van der Waals surface area contributed by atoms with Crippen LogP contribution in [0.3, 0.4) is 0 Å². The van der Waals surface area contributed by atoms with Crippen LogP contribution in [0.5, 0.6) is 0 Å². The smallest absolute Gasteiger partial charge is 0.0456 e. The first-order chi connectivity index (χ1) is 7.18. The Morgan fingerprint density at radius 2 is 1.87 bits per heavy atom. The molecule has 0 bridgehead atoms. The van der Waals surface area contributed by atoms with Gasteiger partial charge >= 0.3 is 0 Å². The third kappa shape index (κ3) is 2.36. The van der Waals surface area contributed by atoms with Gasteiger partial charge in [-0.2, -0.15) is 0 Å². The average molecular weight is 242 g/mol. The number of benzene rings is 1. The molecule has 0 amide bonds. The van der Waals surface area contributed by atoms with Crippen LogP contribution in [0.4, 0.5) is 0 Å². The SMILES string of the molecule is N[C@H]1CC=CC[C@@H]1c1ccc(Cl)cc1Cl. The fourth-order valence-electron chi connectivity index (χ4n) is 2.00. The number of hydrogen-bond acceptors (Lipinski definition) is 1. The van der Waals surface area contributed by atoms with Gasteiger partial charge in [0.2, 0.25) is 0 Å². The summed E-state index contributed by atoms with van der Waals surface area (Å²) in [6.07, 6.45) is 6.18. The van der Waals surface area contributed by atoms with E-state index in [2.05, 4.69) is 12.2 Å². The minimum atomic E-state index is 0.161. The van der Waals surface area contributed by atoms with E-state index in [0.717, 1.165) is 23.4 Å². The molecule has 80 valence electrons. The Hall–Kier alpha value is -0.500. The average Bonchev–Trinajstić information content (AvgIpc) is 2.20. The maximum atomic E-state index is 6.16. The van der Waals surface area contributed by atoms with Crippen molar-refractivity contribution >= 4 is 23.2 Å². The summed E-state index contributed by atoms with van der Waals surface area (Å²) in [5, 5.41) is 1.39. The number of hydrogen-bond donors (Lipinski definition) is 1. The summed E-state index contributed by atoms with van der Waals surface area (Å²) in [4.78, 5) is 0. The highest BCUT2D eigenvalue weighted by molar-refractivity contribution is 6.35. The summed E-state index contributed by atoms with van der Waals surface area (Å²) in [5.41, 5.74) is 7.18. The van der Waals surface area contributed by atoms with Gasteiger partial charge in [0.1, 0.15) is 0 Å². The van der Waals surface area contributed by atoms with Crippen LogP contribution in [0.2, 0.25) is 10.0 Å². The topological polar surface area (TPSA) is 26.0 Å². The summed E-state index contributed by atoms with van der Waals surface area (Å²) in [6, 6.07) is 5.79. The molecule has 2 N–H and O–H groups in total.